The summed E-state index contributed by atoms with van der Waals surface area (Å²) in [6, 6.07) is 19.9. The average Bonchev–Trinajstić information content (AvgIpc) is 2.97. The summed E-state index contributed by atoms with van der Waals surface area (Å²) in [5.74, 6) is 0. The van der Waals surface area contributed by atoms with Crippen LogP contribution >= 0.6 is 0 Å². The lowest BCUT2D eigenvalue weighted by molar-refractivity contribution is -0.680. The second-order valence-electron chi connectivity index (χ2n) is 4.12. The molecular formula is C13H11BF4N4. The number of aromatic nitrogens is 4. The Morgan fingerprint density at radius 1 is 0.818 bits per heavy atom. The standard InChI is InChI=1S/C13H11N4.BF4/c1-3-7-12(8-4-1)16-11-14-15-17(16)13-9-5-2-6-10-13;2-1(3,4)5/h1-11H;/q+1;-1. The lowest BCUT2D eigenvalue weighted by atomic mass is 10.3. The Bertz CT molecular complexity index is 641. The molecule has 9 heteroatoms. The molecule has 0 N–H and O–H groups in total. The first-order valence-corrected chi connectivity index (χ1v) is 6.26. The molecular weight excluding hydrogens is 299 g/mol. The van der Waals surface area contributed by atoms with E-state index in [9.17, 15) is 17.3 Å². The highest BCUT2D eigenvalue weighted by molar-refractivity contribution is 6.50. The summed E-state index contributed by atoms with van der Waals surface area (Å²) in [6.45, 7) is 0. The Hall–Kier alpha value is -2.71. The van der Waals surface area contributed by atoms with E-state index >= 15 is 0 Å². The number of halogens is 4. The third-order valence-corrected chi connectivity index (χ3v) is 2.51. The summed E-state index contributed by atoms with van der Waals surface area (Å²) in [4.78, 5) is 1.76. The monoisotopic (exact) mass is 310 g/mol. The van der Waals surface area contributed by atoms with E-state index in [4.69, 9.17) is 0 Å². The predicted octanol–water partition coefficient (Wildman–Crippen LogP) is 2.84. The van der Waals surface area contributed by atoms with E-state index in [1.165, 1.54) is 0 Å². The van der Waals surface area contributed by atoms with Gasteiger partial charge >= 0.3 is 7.25 Å². The number of para-hydroxylation sites is 2. The van der Waals surface area contributed by atoms with Gasteiger partial charge in [-0.15, -0.1) is 4.68 Å². The maximum absolute atomic E-state index is 9.75. The molecule has 0 aliphatic carbocycles. The van der Waals surface area contributed by atoms with Crippen LogP contribution in [0.3, 0.4) is 0 Å². The van der Waals surface area contributed by atoms with Crippen LogP contribution in [-0.4, -0.2) is 22.4 Å². The molecule has 0 bridgehead atoms. The third-order valence-electron chi connectivity index (χ3n) is 2.51. The van der Waals surface area contributed by atoms with Gasteiger partial charge in [0.15, 0.2) is 5.21 Å². The number of benzene rings is 2. The van der Waals surface area contributed by atoms with Crippen molar-refractivity contribution < 1.29 is 21.9 Å². The van der Waals surface area contributed by atoms with E-state index in [1.807, 2.05) is 65.3 Å². The molecule has 2 aromatic carbocycles. The van der Waals surface area contributed by atoms with Crippen molar-refractivity contribution in [1.29, 1.82) is 0 Å². The van der Waals surface area contributed by atoms with Crippen molar-refractivity contribution in [3.05, 3.63) is 67.0 Å². The van der Waals surface area contributed by atoms with Gasteiger partial charge in [-0.05, 0) is 29.1 Å². The molecule has 0 saturated heterocycles. The molecule has 0 atom stereocenters. The Balaban J connectivity index is 0.000000309. The predicted molar refractivity (Wildman–Crippen MR) is 73.1 cm³/mol. The van der Waals surface area contributed by atoms with Gasteiger partial charge in [0.1, 0.15) is 16.5 Å². The maximum Gasteiger partial charge on any atom is 0.673 e. The van der Waals surface area contributed by atoms with Crippen molar-refractivity contribution in [2.24, 2.45) is 0 Å². The molecule has 0 spiro atoms. The zero-order chi connectivity index (χ0) is 16.0. The molecule has 0 saturated carbocycles. The van der Waals surface area contributed by atoms with Gasteiger partial charge in [0.2, 0.25) is 0 Å². The van der Waals surface area contributed by atoms with Crippen LogP contribution in [0, 0.1) is 0 Å². The fourth-order valence-corrected chi connectivity index (χ4v) is 1.71. The Labute approximate surface area is 123 Å². The van der Waals surface area contributed by atoms with Gasteiger partial charge in [0.05, 0.1) is 0 Å². The van der Waals surface area contributed by atoms with E-state index in [-0.39, 0.29) is 0 Å². The molecule has 22 heavy (non-hydrogen) atoms. The van der Waals surface area contributed by atoms with Crippen molar-refractivity contribution in [2.45, 2.75) is 0 Å². The van der Waals surface area contributed by atoms with Crippen LogP contribution in [-0.2, 0) is 0 Å². The number of tetrazole rings is 1. The van der Waals surface area contributed by atoms with Crippen molar-refractivity contribution in [1.82, 2.24) is 15.1 Å². The fourth-order valence-electron chi connectivity index (χ4n) is 1.71. The van der Waals surface area contributed by atoms with Crippen LogP contribution in [0.5, 0.6) is 0 Å². The molecule has 0 aliphatic heterocycles. The number of nitrogens with zero attached hydrogens (tertiary/aromatic N) is 4. The molecule has 0 aliphatic rings. The summed E-state index contributed by atoms with van der Waals surface area (Å²) in [7, 11) is -6.00. The molecule has 3 rings (SSSR count). The van der Waals surface area contributed by atoms with Gasteiger partial charge in [-0.1, -0.05) is 36.4 Å². The average molecular weight is 310 g/mol. The largest absolute Gasteiger partial charge is 0.673 e. The van der Waals surface area contributed by atoms with Gasteiger partial charge < -0.3 is 17.3 Å². The second-order valence-corrected chi connectivity index (χ2v) is 4.12. The molecule has 0 unspecified atom stereocenters. The van der Waals surface area contributed by atoms with Gasteiger partial charge in [0, 0.05) is 0 Å². The highest BCUT2D eigenvalue weighted by Crippen LogP contribution is 2.06. The first-order valence-electron chi connectivity index (χ1n) is 6.26. The molecule has 0 radical (unpaired) electrons. The van der Waals surface area contributed by atoms with Crippen LogP contribution < -0.4 is 4.68 Å². The molecule has 0 fully saturated rings. The van der Waals surface area contributed by atoms with Crippen molar-refractivity contribution in [3.63, 3.8) is 0 Å². The number of rotatable bonds is 2. The highest BCUT2D eigenvalue weighted by Gasteiger charge is 2.20. The minimum Gasteiger partial charge on any atom is -0.418 e. The van der Waals surface area contributed by atoms with Crippen LogP contribution in [0.4, 0.5) is 17.3 Å². The minimum atomic E-state index is -6.00. The smallest absolute Gasteiger partial charge is 0.418 e. The van der Waals surface area contributed by atoms with Crippen LogP contribution in [0.15, 0.2) is 67.0 Å². The number of hydrogen-bond acceptors (Lipinski definition) is 2. The lowest BCUT2D eigenvalue weighted by Crippen LogP contribution is -2.39. The lowest BCUT2D eigenvalue weighted by Gasteiger charge is -2.01. The SMILES string of the molecule is F[B-](F)(F)F.c1ccc(-n2nnc[n+]2-c2ccccc2)cc1. The topological polar surface area (TPSA) is 34.6 Å². The Morgan fingerprint density at radius 2 is 1.32 bits per heavy atom. The normalized spacial score (nSPS) is 10.7. The van der Waals surface area contributed by atoms with E-state index in [0.717, 1.165) is 11.4 Å². The first kappa shape index (κ1) is 15.7. The molecule has 1 aromatic heterocycles. The van der Waals surface area contributed by atoms with Crippen LogP contribution in [0.25, 0.3) is 11.4 Å². The van der Waals surface area contributed by atoms with Crippen molar-refractivity contribution >= 4 is 7.25 Å². The zero-order valence-corrected chi connectivity index (χ0v) is 11.2. The third kappa shape index (κ3) is 4.69. The van der Waals surface area contributed by atoms with E-state index in [1.54, 1.807) is 11.1 Å². The maximum atomic E-state index is 9.75. The highest BCUT2D eigenvalue weighted by atomic mass is 19.5. The van der Waals surface area contributed by atoms with E-state index in [2.05, 4.69) is 10.3 Å². The first-order chi connectivity index (χ1) is 10.4. The minimum absolute atomic E-state index is 0.980. The summed E-state index contributed by atoms with van der Waals surface area (Å²) in [6.07, 6.45) is 1.70. The summed E-state index contributed by atoms with van der Waals surface area (Å²) >= 11 is 0. The van der Waals surface area contributed by atoms with Crippen molar-refractivity contribution in [2.75, 3.05) is 0 Å². The second kappa shape index (κ2) is 6.84. The molecule has 1 heterocycles. The van der Waals surface area contributed by atoms with Crippen molar-refractivity contribution in [3.8, 4) is 11.4 Å². The van der Waals surface area contributed by atoms with Gasteiger partial charge in [-0.2, -0.15) is 0 Å². The quantitative estimate of drug-likeness (QED) is 0.414. The molecule has 0 amide bonds. The van der Waals surface area contributed by atoms with E-state index < -0.39 is 7.25 Å². The zero-order valence-electron chi connectivity index (χ0n) is 11.2. The fraction of sp³-hybridized carbons (Fsp3) is 0. The van der Waals surface area contributed by atoms with E-state index in [0.29, 0.717) is 0 Å². The van der Waals surface area contributed by atoms with Crippen LogP contribution in [0.2, 0.25) is 0 Å². The number of hydrogen-bond donors (Lipinski definition) is 0. The summed E-state index contributed by atoms with van der Waals surface area (Å²) in [5, 5.41) is 8.04. The Kier molecular flexibility index (Phi) is 4.87. The summed E-state index contributed by atoms with van der Waals surface area (Å²) < 4.78 is 40.9. The van der Waals surface area contributed by atoms with Crippen LogP contribution in [0.1, 0.15) is 0 Å². The Morgan fingerprint density at radius 3 is 1.86 bits per heavy atom. The van der Waals surface area contributed by atoms with Gasteiger partial charge in [0.25, 0.3) is 6.33 Å². The molecule has 3 aromatic rings. The molecule has 4 nitrogen and oxygen atoms in total. The summed E-state index contributed by atoms with van der Waals surface area (Å²) in [5.41, 5.74) is 2.01. The van der Waals surface area contributed by atoms with Gasteiger partial charge in [-0.3, -0.25) is 0 Å². The van der Waals surface area contributed by atoms with Gasteiger partial charge in [-0.25, -0.2) is 0 Å². The molecule has 114 valence electrons.